The Morgan fingerprint density at radius 2 is 0.873 bits per heavy atom. The van der Waals surface area contributed by atoms with Gasteiger partial charge in [0.1, 0.15) is 37.7 Å². The number of ether oxygens (including phenoxy) is 6. The first kappa shape index (κ1) is 43.6. The van der Waals surface area contributed by atoms with E-state index in [1.54, 1.807) is 24.3 Å². The smallest absolute Gasteiger partial charge is 0.298 e. The van der Waals surface area contributed by atoms with Gasteiger partial charge in [-0.05, 0) is 103 Å². The summed E-state index contributed by atoms with van der Waals surface area (Å²) in [5.41, 5.74) is 0.991. The van der Waals surface area contributed by atoms with Crippen molar-refractivity contribution in [1.29, 1.82) is 0 Å². The largest absolute Gasteiger partial charge is 0.508 e. The number of phenolic OH excluding ortho intramolecular Hbond substituents is 1. The fourth-order valence-electron chi connectivity index (χ4n) is 7.19. The van der Waals surface area contributed by atoms with Crippen LogP contribution in [0.2, 0.25) is 0 Å². The summed E-state index contributed by atoms with van der Waals surface area (Å²) in [6, 6.07) is 30.9. The van der Waals surface area contributed by atoms with Crippen LogP contribution in [0, 0.1) is 0 Å². The Morgan fingerprint density at radius 3 is 1.32 bits per heavy atom. The molecule has 2 fully saturated rings. The van der Waals surface area contributed by atoms with E-state index in [1.165, 1.54) is 48.5 Å². The number of ketones is 1. The van der Waals surface area contributed by atoms with Crippen molar-refractivity contribution in [2.24, 2.45) is 0 Å². The third kappa shape index (κ3) is 8.69. The zero-order valence-electron chi connectivity index (χ0n) is 32.4. The molecule has 0 spiro atoms. The summed E-state index contributed by atoms with van der Waals surface area (Å²) < 4.78 is 142. The number of carbonyl (C=O) groups excluding carboxylic acids is 1. The number of benzene rings is 6. The molecular weight excluding hydrogens is 885 g/mol. The van der Waals surface area contributed by atoms with Gasteiger partial charge in [0.2, 0.25) is 11.6 Å². The van der Waals surface area contributed by atoms with Crippen molar-refractivity contribution in [3.05, 3.63) is 167 Å². The Morgan fingerprint density at radius 1 is 0.476 bits per heavy atom. The Bertz CT molecular complexity index is 2980. The van der Waals surface area contributed by atoms with E-state index in [0.29, 0.717) is 48.1 Å². The second-order valence-corrected chi connectivity index (χ2v) is 18.2. The fraction of sp³-hybridized carbons (Fsp3) is 0.140. The van der Waals surface area contributed by atoms with Gasteiger partial charge in [-0.3, -0.25) is 18.5 Å². The van der Waals surface area contributed by atoms with Gasteiger partial charge in [0.15, 0.2) is 11.5 Å². The van der Waals surface area contributed by atoms with E-state index >= 15 is 0 Å². The fourth-order valence-corrected chi connectivity index (χ4v) is 9.21. The van der Waals surface area contributed by atoms with Crippen molar-refractivity contribution in [1.82, 2.24) is 0 Å². The molecule has 0 bridgehead atoms. The third-order valence-corrected chi connectivity index (χ3v) is 12.6. The molecule has 2 heterocycles. The highest BCUT2D eigenvalue weighted by molar-refractivity contribution is 7.87. The van der Waals surface area contributed by atoms with Crippen molar-refractivity contribution < 1.29 is 77.2 Å². The minimum absolute atomic E-state index is 0.000451. The van der Waals surface area contributed by atoms with Crippen molar-refractivity contribution in [2.75, 3.05) is 26.4 Å². The molecule has 0 amide bonds. The number of phenols is 1. The lowest BCUT2D eigenvalue weighted by Crippen LogP contribution is -2.28. The summed E-state index contributed by atoms with van der Waals surface area (Å²) in [6.45, 7) is 1.09. The predicted molar refractivity (Wildman–Crippen MR) is 219 cm³/mol. The second-order valence-electron chi connectivity index (χ2n) is 14.0. The van der Waals surface area contributed by atoms with Gasteiger partial charge >= 0.3 is 0 Å². The SMILES string of the molecule is O=C(c1ccc(Oc2ccc(C3(c4ccccc4)OCCO3)cc2)c(S(=O)(=O)O)c1)c1cc(S(=O)(=O)O)c(Oc2ccc(C3(c4ccc(O)cc4)OCCO3)cc2)c(S(=O)(=O)O)c1. The highest BCUT2D eigenvalue weighted by atomic mass is 32.2. The lowest BCUT2D eigenvalue weighted by atomic mass is 9.97. The number of rotatable bonds is 13. The molecule has 63 heavy (non-hydrogen) atoms. The molecule has 6 aromatic rings. The van der Waals surface area contributed by atoms with Crippen molar-refractivity contribution in [2.45, 2.75) is 26.3 Å². The highest BCUT2D eigenvalue weighted by Crippen LogP contribution is 2.43. The predicted octanol–water partition coefficient (Wildman–Crippen LogP) is 6.44. The summed E-state index contributed by atoms with van der Waals surface area (Å²) in [4.78, 5) is 10.5. The highest BCUT2D eigenvalue weighted by Gasteiger charge is 2.42. The maximum Gasteiger partial charge on any atom is 0.298 e. The van der Waals surface area contributed by atoms with E-state index in [2.05, 4.69) is 0 Å². The number of hydrogen-bond acceptors (Lipinski definition) is 14. The monoisotopic (exact) mass is 918 g/mol. The number of aromatic hydroxyl groups is 1. The van der Waals surface area contributed by atoms with E-state index < -0.39 is 85.0 Å². The van der Waals surface area contributed by atoms with Crippen LogP contribution >= 0.6 is 0 Å². The summed E-state index contributed by atoms with van der Waals surface area (Å²) in [5.74, 6) is -5.44. The van der Waals surface area contributed by atoms with Gasteiger partial charge in [-0.25, -0.2) is 0 Å². The first-order chi connectivity index (χ1) is 29.9. The quantitative estimate of drug-likeness (QED) is 0.0717. The summed E-state index contributed by atoms with van der Waals surface area (Å²) in [6.07, 6.45) is 0. The zero-order valence-corrected chi connectivity index (χ0v) is 34.8. The first-order valence-electron chi connectivity index (χ1n) is 18.6. The molecule has 6 aromatic carbocycles. The van der Waals surface area contributed by atoms with E-state index in [-0.39, 0.29) is 30.5 Å². The Hall–Kier alpha value is -6.04. The molecule has 8 rings (SSSR count). The lowest BCUT2D eigenvalue weighted by molar-refractivity contribution is -0.130. The van der Waals surface area contributed by atoms with E-state index in [4.69, 9.17) is 28.4 Å². The van der Waals surface area contributed by atoms with Crippen LogP contribution in [0.1, 0.15) is 38.2 Å². The minimum Gasteiger partial charge on any atom is -0.508 e. The standard InChI is InChI=1S/C43H34O17S3/c44-33-13-7-30(8-14-33)43(57-22-23-58-43)32-11-17-35(18-12-32)60-41-38(62(49,50)51)25-28(26-39(41)63(52,53)54)40(45)27-6-19-36(37(24-27)61(46,47)48)59-34-15-9-31(10-16-34)42(55-20-21-56-42)29-4-2-1-3-5-29/h1-19,24-26,44H,20-23H2,(H,46,47,48)(H,49,50,51)(H,52,53,54). The first-order valence-corrected chi connectivity index (χ1v) is 23.0. The third-order valence-electron chi connectivity index (χ3n) is 10.0. The van der Waals surface area contributed by atoms with Crippen molar-refractivity contribution in [3.8, 4) is 28.7 Å². The van der Waals surface area contributed by atoms with Crippen molar-refractivity contribution >= 4 is 36.1 Å². The van der Waals surface area contributed by atoms with E-state index in [1.807, 2.05) is 30.3 Å². The minimum atomic E-state index is -5.43. The van der Waals surface area contributed by atoms with Gasteiger partial charge in [0.25, 0.3) is 30.4 Å². The van der Waals surface area contributed by atoms with Crippen molar-refractivity contribution in [3.63, 3.8) is 0 Å². The normalized spacial score (nSPS) is 16.1. The van der Waals surface area contributed by atoms with Crippen LogP contribution in [0.15, 0.2) is 148 Å². The van der Waals surface area contributed by atoms with Crippen LogP contribution in [-0.2, 0) is 60.9 Å². The molecule has 2 aliphatic rings. The second kappa shape index (κ2) is 16.6. The molecule has 2 saturated heterocycles. The average Bonchev–Trinajstić information content (AvgIpc) is 3.96. The van der Waals surface area contributed by atoms with Crippen LogP contribution in [0.5, 0.6) is 28.7 Å². The van der Waals surface area contributed by atoms with Gasteiger partial charge in [0, 0.05) is 33.4 Å². The number of carbonyl (C=O) groups is 1. The molecule has 0 aliphatic carbocycles. The van der Waals surface area contributed by atoms with Gasteiger partial charge in [-0.2, -0.15) is 25.3 Å². The molecule has 0 unspecified atom stereocenters. The maximum absolute atomic E-state index is 13.9. The van der Waals surface area contributed by atoms with Crippen LogP contribution < -0.4 is 9.47 Å². The topological polar surface area (TPSA) is 256 Å². The molecule has 0 atom stereocenters. The molecular formula is C43H34O17S3. The molecule has 4 N–H and O–H groups in total. The Balaban J connectivity index is 1.10. The molecule has 326 valence electrons. The van der Waals surface area contributed by atoms with Crippen LogP contribution in [0.4, 0.5) is 0 Å². The van der Waals surface area contributed by atoms with Gasteiger partial charge in [-0.1, -0.05) is 30.3 Å². The molecule has 2 aliphatic heterocycles. The molecule has 0 radical (unpaired) electrons. The molecule has 20 heteroatoms. The van der Waals surface area contributed by atoms with Gasteiger partial charge in [-0.15, -0.1) is 0 Å². The van der Waals surface area contributed by atoms with Crippen LogP contribution in [0.25, 0.3) is 0 Å². The van der Waals surface area contributed by atoms with Crippen LogP contribution in [-0.4, -0.2) is 76.2 Å². The Kier molecular flexibility index (Phi) is 11.5. The Labute approximate surface area is 360 Å². The van der Waals surface area contributed by atoms with Gasteiger partial charge in [0.05, 0.1) is 26.4 Å². The number of hydrogen-bond donors (Lipinski definition) is 4. The lowest BCUT2D eigenvalue weighted by Gasteiger charge is -2.28. The molecule has 0 aromatic heterocycles. The summed E-state index contributed by atoms with van der Waals surface area (Å²) >= 11 is 0. The zero-order chi connectivity index (χ0) is 44.8. The van der Waals surface area contributed by atoms with Gasteiger partial charge < -0.3 is 33.5 Å². The van der Waals surface area contributed by atoms with E-state index in [9.17, 15) is 48.8 Å². The van der Waals surface area contributed by atoms with E-state index in [0.717, 1.165) is 17.7 Å². The van der Waals surface area contributed by atoms with Crippen LogP contribution in [0.3, 0.4) is 0 Å². The average molecular weight is 919 g/mol. The summed E-state index contributed by atoms with van der Waals surface area (Å²) in [7, 11) is -16.0. The molecule has 0 saturated carbocycles. The maximum atomic E-state index is 13.9. The summed E-state index contributed by atoms with van der Waals surface area (Å²) in [5, 5.41) is 9.77. The molecule has 17 nitrogen and oxygen atoms in total.